The van der Waals surface area contributed by atoms with E-state index in [1.807, 2.05) is 18.2 Å². The smallest absolute Gasteiger partial charge is 0.345 e. The first-order valence-corrected chi connectivity index (χ1v) is 9.80. The SMILES string of the molecule is COc1ccc(C(=O)OC2CCc3[nH]c4ccc(NC(C)=O)cc4c3C2)c([N+](=O)[O-])c1. The minimum atomic E-state index is -0.735. The first-order valence-electron chi connectivity index (χ1n) is 9.80. The maximum Gasteiger partial charge on any atom is 0.345 e. The normalized spacial score (nSPS) is 15.2. The lowest BCUT2D eigenvalue weighted by molar-refractivity contribution is -0.385. The zero-order valence-corrected chi connectivity index (χ0v) is 17.1. The Morgan fingerprint density at radius 3 is 2.74 bits per heavy atom. The molecule has 1 atom stereocenters. The van der Waals surface area contributed by atoms with Gasteiger partial charge in [0.2, 0.25) is 5.91 Å². The first kappa shape index (κ1) is 20.4. The standard InChI is InChI=1S/C22H21N3O6/c1-12(26)23-13-3-7-19-17(9-13)18-10-15(5-8-20(18)24-19)31-22(27)16-6-4-14(30-2)11-21(16)25(28)29/h3-4,6-7,9,11,15,24H,5,8,10H2,1-2H3,(H,23,26). The number of rotatable bonds is 5. The number of nitro groups is 1. The van der Waals surface area contributed by atoms with Gasteiger partial charge in [0.15, 0.2) is 0 Å². The summed E-state index contributed by atoms with van der Waals surface area (Å²) >= 11 is 0. The molecule has 0 bridgehead atoms. The molecule has 31 heavy (non-hydrogen) atoms. The molecule has 1 aromatic heterocycles. The van der Waals surface area contributed by atoms with Gasteiger partial charge in [-0.2, -0.15) is 0 Å². The molecule has 2 aromatic carbocycles. The van der Waals surface area contributed by atoms with Crippen molar-refractivity contribution in [3.63, 3.8) is 0 Å². The maximum atomic E-state index is 12.7. The Labute approximate surface area is 177 Å². The quantitative estimate of drug-likeness (QED) is 0.366. The zero-order valence-electron chi connectivity index (χ0n) is 17.1. The summed E-state index contributed by atoms with van der Waals surface area (Å²) in [5.41, 5.74) is 3.26. The van der Waals surface area contributed by atoms with E-state index in [4.69, 9.17) is 9.47 Å². The Kier molecular flexibility index (Phi) is 5.33. The molecule has 9 heteroatoms. The molecule has 0 aliphatic heterocycles. The predicted molar refractivity (Wildman–Crippen MR) is 113 cm³/mol. The average Bonchev–Trinajstić information content (AvgIpc) is 3.10. The van der Waals surface area contributed by atoms with Crippen molar-refractivity contribution in [2.24, 2.45) is 0 Å². The van der Waals surface area contributed by atoms with Crippen LogP contribution in [0.4, 0.5) is 11.4 Å². The van der Waals surface area contributed by atoms with E-state index in [-0.39, 0.29) is 17.2 Å². The molecule has 0 radical (unpaired) electrons. The van der Waals surface area contributed by atoms with E-state index in [9.17, 15) is 19.7 Å². The number of ether oxygens (including phenoxy) is 2. The van der Waals surface area contributed by atoms with E-state index in [1.54, 1.807) is 0 Å². The molecule has 0 saturated heterocycles. The summed E-state index contributed by atoms with van der Waals surface area (Å²) in [5, 5.41) is 15.1. The number of amides is 1. The highest BCUT2D eigenvalue weighted by atomic mass is 16.6. The lowest BCUT2D eigenvalue weighted by Crippen LogP contribution is -2.25. The van der Waals surface area contributed by atoms with Gasteiger partial charge in [0.05, 0.1) is 18.1 Å². The third kappa shape index (κ3) is 4.07. The Morgan fingerprint density at radius 2 is 2.03 bits per heavy atom. The van der Waals surface area contributed by atoms with Crippen molar-refractivity contribution < 1.29 is 24.0 Å². The number of aryl methyl sites for hydroxylation is 1. The number of nitrogens with zero attached hydrogens (tertiary/aromatic N) is 1. The van der Waals surface area contributed by atoms with Crippen LogP contribution in [0, 0.1) is 10.1 Å². The van der Waals surface area contributed by atoms with E-state index in [2.05, 4.69) is 10.3 Å². The fourth-order valence-electron chi connectivity index (χ4n) is 3.94. The van der Waals surface area contributed by atoms with Crippen LogP contribution in [-0.2, 0) is 22.4 Å². The highest BCUT2D eigenvalue weighted by Gasteiger charge is 2.29. The number of esters is 1. The van der Waals surface area contributed by atoms with Gasteiger partial charge < -0.3 is 19.8 Å². The van der Waals surface area contributed by atoms with Crippen molar-refractivity contribution in [3.05, 3.63) is 63.3 Å². The van der Waals surface area contributed by atoms with Crippen LogP contribution in [0.5, 0.6) is 5.75 Å². The van der Waals surface area contributed by atoms with Crippen LogP contribution in [0.2, 0.25) is 0 Å². The van der Waals surface area contributed by atoms with Crippen LogP contribution >= 0.6 is 0 Å². The second kappa shape index (κ2) is 8.10. The van der Waals surface area contributed by atoms with Gasteiger partial charge in [-0.15, -0.1) is 0 Å². The molecule has 0 saturated carbocycles. The number of H-pyrrole nitrogens is 1. The van der Waals surface area contributed by atoms with E-state index in [0.29, 0.717) is 30.7 Å². The molecule has 0 fully saturated rings. The number of carbonyl (C=O) groups is 2. The van der Waals surface area contributed by atoms with Crippen molar-refractivity contribution >= 4 is 34.2 Å². The molecule has 0 spiro atoms. The Bertz CT molecular complexity index is 1200. The number of methoxy groups -OCH3 is 1. The number of anilines is 1. The second-order valence-corrected chi connectivity index (χ2v) is 7.43. The van der Waals surface area contributed by atoms with E-state index in [1.165, 1.54) is 32.2 Å². The number of hydrogen-bond acceptors (Lipinski definition) is 6. The summed E-state index contributed by atoms with van der Waals surface area (Å²) in [4.78, 5) is 38.2. The first-order chi connectivity index (χ1) is 14.9. The molecule has 1 aliphatic rings. The van der Waals surface area contributed by atoms with Gasteiger partial charge in [0.25, 0.3) is 5.69 Å². The summed E-state index contributed by atoms with van der Waals surface area (Å²) in [7, 11) is 1.40. The van der Waals surface area contributed by atoms with E-state index >= 15 is 0 Å². The monoisotopic (exact) mass is 423 g/mol. The summed E-state index contributed by atoms with van der Waals surface area (Å²) in [5.74, 6) is -0.599. The van der Waals surface area contributed by atoms with Crippen molar-refractivity contribution in [2.75, 3.05) is 12.4 Å². The highest BCUT2D eigenvalue weighted by molar-refractivity contribution is 5.95. The molecule has 3 aromatic rings. The van der Waals surface area contributed by atoms with E-state index in [0.717, 1.165) is 22.2 Å². The molecule has 1 amide bonds. The van der Waals surface area contributed by atoms with Crippen molar-refractivity contribution in [3.8, 4) is 5.75 Å². The molecule has 9 nitrogen and oxygen atoms in total. The van der Waals surface area contributed by atoms with Gasteiger partial charge in [-0.05, 0) is 48.7 Å². The van der Waals surface area contributed by atoms with Gasteiger partial charge in [0, 0.05) is 35.6 Å². The molecular formula is C22H21N3O6. The molecule has 1 aliphatic carbocycles. The van der Waals surface area contributed by atoms with Gasteiger partial charge in [-0.25, -0.2) is 4.79 Å². The number of carbonyl (C=O) groups excluding carboxylic acids is 2. The van der Waals surface area contributed by atoms with Crippen LogP contribution in [0.1, 0.15) is 35.0 Å². The average molecular weight is 423 g/mol. The minimum Gasteiger partial charge on any atom is -0.497 e. The summed E-state index contributed by atoms with van der Waals surface area (Å²) < 4.78 is 10.7. The summed E-state index contributed by atoms with van der Waals surface area (Å²) in [6, 6.07) is 9.67. The third-order valence-electron chi connectivity index (χ3n) is 5.36. The number of hydrogen-bond donors (Lipinski definition) is 2. The third-order valence-corrected chi connectivity index (χ3v) is 5.36. The lowest BCUT2D eigenvalue weighted by Gasteiger charge is -2.23. The van der Waals surface area contributed by atoms with Gasteiger partial charge in [-0.1, -0.05) is 0 Å². The molecule has 1 unspecified atom stereocenters. The van der Waals surface area contributed by atoms with Crippen LogP contribution in [0.25, 0.3) is 10.9 Å². The highest BCUT2D eigenvalue weighted by Crippen LogP contribution is 2.33. The lowest BCUT2D eigenvalue weighted by atomic mass is 9.93. The number of nitro benzene ring substituents is 1. The molecule has 4 rings (SSSR count). The Balaban J connectivity index is 1.57. The fourth-order valence-corrected chi connectivity index (χ4v) is 3.94. The molecule has 2 N–H and O–H groups in total. The summed E-state index contributed by atoms with van der Waals surface area (Å²) in [6.07, 6.45) is 1.36. The molecule has 1 heterocycles. The van der Waals surface area contributed by atoms with Crippen molar-refractivity contribution in [1.82, 2.24) is 4.98 Å². The van der Waals surface area contributed by atoms with Crippen LogP contribution < -0.4 is 10.1 Å². The minimum absolute atomic E-state index is 0.108. The zero-order chi connectivity index (χ0) is 22.1. The number of aromatic amines is 1. The Morgan fingerprint density at radius 1 is 1.23 bits per heavy atom. The van der Waals surface area contributed by atoms with Crippen molar-refractivity contribution in [1.29, 1.82) is 0 Å². The maximum absolute atomic E-state index is 12.7. The van der Waals surface area contributed by atoms with Crippen LogP contribution in [0.15, 0.2) is 36.4 Å². The van der Waals surface area contributed by atoms with Crippen LogP contribution in [-0.4, -0.2) is 35.0 Å². The fraction of sp³-hybridized carbons (Fsp3) is 0.273. The number of fused-ring (bicyclic) bond motifs is 3. The topological polar surface area (TPSA) is 124 Å². The second-order valence-electron chi connectivity index (χ2n) is 7.43. The number of aromatic nitrogens is 1. The van der Waals surface area contributed by atoms with Gasteiger partial charge >= 0.3 is 5.97 Å². The number of nitrogens with one attached hydrogen (secondary N) is 2. The van der Waals surface area contributed by atoms with Crippen LogP contribution in [0.3, 0.4) is 0 Å². The predicted octanol–water partition coefficient (Wildman–Crippen LogP) is 3.76. The largest absolute Gasteiger partial charge is 0.497 e. The van der Waals surface area contributed by atoms with E-state index < -0.39 is 17.0 Å². The van der Waals surface area contributed by atoms with Gasteiger partial charge in [0.1, 0.15) is 17.4 Å². The van der Waals surface area contributed by atoms with Crippen molar-refractivity contribution in [2.45, 2.75) is 32.3 Å². The molecular weight excluding hydrogens is 402 g/mol. The Hall–Kier alpha value is -3.88. The van der Waals surface area contributed by atoms with Gasteiger partial charge in [-0.3, -0.25) is 14.9 Å². The molecule has 160 valence electrons. The summed E-state index contributed by atoms with van der Waals surface area (Å²) in [6.45, 7) is 1.45. The number of benzene rings is 2.